The molecule has 0 spiro atoms. The average molecular weight is 689 g/mol. The first kappa shape index (κ1) is 32.2. The normalized spacial score (nSPS) is 11.9. The van der Waals surface area contributed by atoms with E-state index in [1.165, 1.54) is 0 Å². The van der Waals surface area contributed by atoms with Crippen LogP contribution < -0.4 is 4.74 Å². The van der Waals surface area contributed by atoms with Crippen molar-refractivity contribution in [3.8, 4) is 50.3 Å². The van der Waals surface area contributed by atoms with Gasteiger partial charge in [-0.1, -0.05) is 103 Å². The van der Waals surface area contributed by atoms with Gasteiger partial charge in [-0.2, -0.15) is 0 Å². The molecule has 3 aromatic heterocycles. The van der Waals surface area contributed by atoms with E-state index in [-0.39, 0.29) is 6.61 Å². The van der Waals surface area contributed by atoms with Crippen LogP contribution in [-0.2, 0) is 0 Å². The van der Waals surface area contributed by atoms with Gasteiger partial charge in [0.15, 0.2) is 0 Å². The lowest BCUT2D eigenvalue weighted by Crippen LogP contribution is -1.99. The highest BCUT2D eigenvalue weighted by Crippen LogP contribution is 2.38. The smallest absolute Gasteiger partial charge is 0.119 e. The fourth-order valence-corrected chi connectivity index (χ4v) is 7.21. The first-order valence-corrected chi connectivity index (χ1v) is 17.9. The zero-order valence-corrected chi connectivity index (χ0v) is 29.0. The van der Waals surface area contributed by atoms with Crippen molar-refractivity contribution in [3.05, 3.63) is 162 Å². The Hall–Kier alpha value is -6.76. The molecule has 2 aliphatic heterocycles. The molecule has 6 nitrogen and oxygen atoms in total. The average Bonchev–Trinajstić information content (AvgIpc) is 4.05. The number of ether oxygens (including phenoxy) is 1. The quantitative estimate of drug-likeness (QED) is 0.139. The van der Waals surface area contributed by atoms with E-state index in [0.29, 0.717) is 13.0 Å². The maximum absolute atomic E-state index is 9.23. The Morgan fingerprint density at radius 1 is 0.415 bits per heavy atom. The Bertz CT molecular complexity index is 2620. The second-order valence-corrected chi connectivity index (χ2v) is 13.1. The summed E-state index contributed by atoms with van der Waals surface area (Å²) in [4.78, 5) is 18.3. The van der Waals surface area contributed by atoms with Crippen molar-refractivity contribution in [2.24, 2.45) is 0 Å². The van der Waals surface area contributed by atoms with Crippen molar-refractivity contribution in [1.82, 2.24) is 19.9 Å². The molecule has 5 heterocycles. The van der Waals surface area contributed by atoms with Crippen molar-refractivity contribution in [1.29, 1.82) is 0 Å². The molecular formula is C47H36N4O2. The van der Waals surface area contributed by atoms with Crippen LogP contribution in [0.5, 0.6) is 5.75 Å². The third kappa shape index (κ3) is 6.26. The Kier molecular flexibility index (Phi) is 8.56. The highest BCUT2D eigenvalue weighted by molar-refractivity contribution is 5.99. The molecule has 0 saturated heterocycles. The van der Waals surface area contributed by atoms with E-state index in [0.717, 1.165) is 95.1 Å². The zero-order chi connectivity index (χ0) is 35.6. The topological polar surface area (TPSA) is 86.8 Å². The maximum Gasteiger partial charge on any atom is 0.119 e. The number of fused-ring (bicyclic) bond motifs is 8. The van der Waals surface area contributed by atoms with Crippen LogP contribution in [0.25, 0.3) is 90.9 Å². The molecular weight excluding hydrogens is 653 g/mol. The van der Waals surface area contributed by atoms with Gasteiger partial charge in [-0.15, -0.1) is 0 Å². The lowest BCUT2D eigenvalue weighted by Gasteiger charge is -2.08. The third-order valence-corrected chi connectivity index (χ3v) is 9.66. The number of aromatic amines is 2. The van der Waals surface area contributed by atoms with Crippen LogP contribution in [0, 0.1) is 0 Å². The fourth-order valence-electron chi connectivity index (χ4n) is 7.21. The van der Waals surface area contributed by atoms with Gasteiger partial charge in [-0.25, -0.2) is 9.97 Å². The predicted molar refractivity (Wildman–Crippen MR) is 218 cm³/mol. The molecule has 0 saturated carbocycles. The number of nitrogens with zero attached hydrogens (tertiary/aromatic N) is 2. The van der Waals surface area contributed by atoms with Gasteiger partial charge in [0.05, 0.1) is 29.4 Å². The minimum absolute atomic E-state index is 0.0952. The summed E-state index contributed by atoms with van der Waals surface area (Å²) in [7, 11) is 0. The monoisotopic (exact) mass is 688 g/mol. The number of hydrogen-bond donors (Lipinski definition) is 3. The summed E-state index contributed by atoms with van der Waals surface area (Å²) < 4.78 is 5.88. The standard InChI is InChI=1S/C47H36N4O2/c52-29-10-30-53-35-19-17-34(18-20-35)47-42-27-25-40(50-42)45(32-13-6-2-7-14-32)38-23-21-36(48-38)44(31-11-4-1-5-12-31)37-22-24-39(49-37)46(33-15-8-3-9-16-33)41-26-28-43(47)51-41/h1-9,11-28,48,51-52H,10,29-30H2. The second-order valence-electron chi connectivity index (χ2n) is 13.1. The van der Waals surface area contributed by atoms with Gasteiger partial charge in [0.1, 0.15) is 5.75 Å². The van der Waals surface area contributed by atoms with Crippen LogP contribution in [0.1, 0.15) is 29.2 Å². The van der Waals surface area contributed by atoms with Gasteiger partial charge in [-0.05, 0) is 83.0 Å². The number of hydrogen-bond acceptors (Lipinski definition) is 4. The van der Waals surface area contributed by atoms with E-state index >= 15 is 0 Å². The van der Waals surface area contributed by atoms with E-state index in [9.17, 15) is 5.11 Å². The van der Waals surface area contributed by atoms with Crippen LogP contribution in [0.15, 0.2) is 140 Å². The van der Waals surface area contributed by atoms with E-state index in [4.69, 9.17) is 14.7 Å². The van der Waals surface area contributed by atoms with Crippen LogP contribution >= 0.6 is 0 Å². The molecule has 0 amide bonds. The molecule has 53 heavy (non-hydrogen) atoms. The number of rotatable bonds is 8. The first-order valence-electron chi connectivity index (χ1n) is 17.9. The van der Waals surface area contributed by atoms with Gasteiger partial charge >= 0.3 is 0 Å². The van der Waals surface area contributed by atoms with Crippen LogP contribution in [0.2, 0.25) is 0 Å². The molecule has 3 N–H and O–H groups in total. The Morgan fingerprint density at radius 2 is 0.755 bits per heavy atom. The van der Waals surface area contributed by atoms with Crippen molar-refractivity contribution >= 4 is 46.4 Å². The predicted octanol–water partition coefficient (Wildman–Crippen LogP) is 11.1. The second kappa shape index (κ2) is 14.1. The van der Waals surface area contributed by atoms with Gasteiger partial charge in [0, 0.05) is 57.3 Å². The highest BCUT2D eigenvalue weighted by Gasteiger charge is 2.18. The molecule has 8 bridgehead atoms. The number of H-pyrrole nitrogens is 2. The Morgan fingerprint density at radius 3 is 1.09 bits per heavy atom. The molecule has 7 aromatic rings. The molecule has 9 rings (SSSR count). The maximum atomic E-state index is 9.23. The summed E-state index contributed by atoms with van der Waals surface area (Å²) in [5.74, 6) is 0.756. The number of aromatic nitrogens is 4. The van der Waals surface area contributed by atoms with Crippen LogP contribution in [-0.4, -0.2) is 38.3 Å². The molecule has 0 radical (unpaired) electrons. The van der Waals surface area contributed by atoms with Crippen LogP contribution in [0.3, 0.4) is 0 Å². The van der Waals surface area contributed by atoms with Crippen molar-refractivity contribution in [2.45, 2.75) is 6.42 Å². The Labute approximate surface area is 307 Å². The zero-order valence-electron chi connectivity index (χ0n) is 29.0. The molecule has 0 unspecified atom stereocenters. The summed E-state index contributed by atoms with van der Waals surface area (Å²) in [6.45, 7) is 0.552. The third-order valence-electron chi connectivity index (χ3n) is 9.66. The molecule has 256 valence electrons. The summed E-state index contributed by atoms with van der Waals surface area (Å²) in [6.07, 6.45) is 9.04. The highest BCUT2D eigenvalue weighted by atomic mass is 16.5. The van der Waals surface area contributed by atoms with E-state index < -0.39 is 0 Å². The fraction of sp³-hybridized carbons (Fsp3) is 0.0638. The lowest BCUT2D eigenvalue weighted by molar-refractivity contribution is 0.233. The summed E-state index contributed by atoms with van der Waals surface area (Å²) >= 11 is 0. The van der Waals surface area contributed by atoms with Gasteiger partial charge < -0.3 is 19.8 Å². The molecule has 2 aliphatic rings. The molecule has 0 fully saturated rings. The molecule has 6 heteroatoms. The number of aliphatic hydroxyl groups is 1. The van der Waals surface area contributed by atoms with Crippen molar-refractivity contribution in [3.63, 3.8) is 0 Å². The minimum Gasteiger partial charge on any atom is -0.494 e. The molecule has 0 atom stereocenters. The lowest BCUT2D eigenvalue weighted by atomic mass is 10.0. The van der Waals surface area contributed by atoms with Crippen molar-refractivity contribution < 1.29 is 9.84 Å². The molecule has 4 aromatic carbocycles. The number of nitrogens with one attached hydrogen (secondary N) is 2. The van der Waals surface area contributed by atoms with Gasteiger partial charge in [0.2, 0.25) is 0 Å². The van der Waals surface area contributed by atoms with Gasteiger partial charge in [0.25, 0.3) is 0 Å². The number of benzene rings is 4. The molecule has 0 aliphatic carbocycles. The largest absolute Gasteiger partial charge is 0.494 e. The van der Waals surface area contributed by atoms with Gasteiger partial charge in [-0.3, -0.25) is 0 Å². The van der Waals surface area contributed by atoms with Crippen molar-refractivity contribution in [2.75, 3.05) is 13.2 Å². The van der Waals surface area contributed by atoms with E-state index in [2.05, 4.69) is 143 Å². The van der Waals surface area contributed by atoms with Crippen LogP contribution in [0.4, 0.5) is 0 Å². The minimum atomic E-state index is 0.0952. The Balaban J connectivity index is 1.40. The first-order chi connectivity index (χ1) is 26.2. The van der Waals surface area contributed by atoms with E-state index in [1.807, 2.05) is 30.3 Å². The summed E-state index contributed by atoms with van der Waals surface area (Å²) in [5.41, 5.74) is 15.5. The number of aliphatic hydroxyl groups excluding tert-OH is 1. The summed E-state index contributed by atoms with van der Waals surface area (Å²) in [5, 5.41) is 9.23. The SMILES string of the molecule is OCCCOc1ccc(-c2c3nc(c(-c4ccccc4)c4ccc([nH]4)c(-c4ccccc4)c4nc(c(-c5ccccc5)c5ccc2[nH]5)C=C4)C=C3)cc1. The summed E-state index contributed by atoms with van der Waals surface area (Å²) in [6, 6.07) is 48.0. The van der Waals surface area contributed by atoms with E-state index in [1.54, 1.807) is 0 Å².